The number of nitrogens with one attached hydrogen (secondary N) is 1. The predicted molar refractivity (Wildman–Crippen MR) is 251 cm³/mol. The standard InChI is InChI=1S/C54H52N6O5/c1-61-45-27-23-41(24-28-45)53(39-15-7-3-8-16-39,40-17-9-4-10-18-40)58-50-49-51(56-37-55-50)60(38-57-49)52-48(59-31-33-63-34-32-59)35-47(65-52)36-64-54(42-19-11-5-12-20-42,43-21-13-6-14-22-43)44-25-29-46(62-2)30-26-44/h3-30,37-38,47-48,52H,31-36H2,1-2H3,(H,55,56,58)/t47-,48+,52+/m0/s1. The molecule has 11 heteroatoms. The molecule has 0 unspecified atom stereocenters. The molecule has 2 aliphatic rings. The van der Waals surface area contributed by atoms with Gasteiger partial charge in [0.2, 0.25) is 0 Å². The van der Waals surface area contributed by atoms with Crippen molar-refractivity contribution in [1.82, 2.24) is 24.4 Å². The van der Waals surface area contributed by atoms with E-state index in [4.69, 9.17) is 38.6 Å². The van der Waals surface area contributed by atoms with Crippen LogP contribution in [0.25, 0.3) is 11.2 Å². The molecule has 0 amide bonds. The molecule has 2 saturated heterocycles. The van der Waals surface area contributed by atoms with E-state index in [1.165, 1.54) is 0 Å². The molecule has 0 saturated carbocycles. The quantitative estimate of drug-likeness (QED) is 0.100. The fourth-order valence-corrected chi connectivity index (χ4v) is 9.71. The average molecular weight is 865 g/mol. The summed E-state index contributed by atoms with van der Waals surface area (Å²) in [6.45, 7) is 3.20. The molecule has 1 N–H and O–H groups in total. The Kier molecular flexibility index (Phi) is 12.1. The highest BCUT2D eigenvalue weighted by Gasteiger charge is 2.45. The first-order valence-corrected chi connectivity index (χ1v) is 22.2. The van der Waals surface area contributed by atoms with Gasteiger partial charge in [0.15, 0.2) is 23.2 Å². The van der Waals surface area contributed by atoms with Gasteiger partial charge in [0.1, 0.15) is 29.0 Å². The molecule has 65 heavy (non-hydrogen) atoms. The molecule has 10 rings (SSSR count). The molecule has 2 fully saturated rings. The van der Waals surface area contributed by atoms with Gasteiger partial charge in [-0.1, -0.05) is 146 Å². The Bertz CT molecular complexity index is 2690. The minimum absolute atomic E-state index is 0.00728. The molecule has 0 aliphatic carbocycles. The zero-order valence-corrected chi connectivity index (χ0v) is 36.6. The minimum Gasteiger partial charge on any atom is -0.497 e. The molecule has 6 aromatic carbocycles. The lowest BCUT2D eigenvalue weighted by atomic mass is 9.77. The summed E-state index contributed by atoms with van der Waals surface area (Å²) in [5.41, 5.74) is 5.60. The van der Waals surface area contributed by atoms with Crippen LogP contribution < -0.4 is 14.8 Å². The minimum atomic E-state index is -0.936. The number of fused-ring (bicyclic) bond motifs is 1. The fraction of sp³-hybridized carbons (Fsp3) is 0.241. The SMILES string of the molecule is COc1ccc(C(Nc2ncnc3c2ncn3[C@@H]2O[C@H](COC(c3ccccc3)(c3ccccc3)c3ccc(OC)cc3)C[C@H]2N2CCOCC2)(c2ccccc2)c2ccccc2)cc1. The van der Waals surface area contributed by atoms with Crippen molar-refractivity contribution in [3.05, 3.63) is 216 Å². The number of imidazole rings is 1. The first-order valence-electron chi connectivity index (χ1n) is 22.2. The van der Waals surface area contributed by atoms with Crippen molar-refractivity contribution in [3.8, 4) is 11.5 Å². The van der Waals surface area contributed by atoms with Gasteiger partial charge >= 0.3 is 0 Å². The molecule has 3 atom stereocenters. The third kappa shape index (κ3) is 8.01. The molecular weight excluding hydrogens is 813 g/mol. The monoisotopic (exact) mass is 864 g/mol. The van der Waals surface area contributed by atoms with Gasteiger partial charge in [-0.3, -0.25) is 9.47 Å². The molecule has 0 bridgehead atoms. The molecule has 328 valence electrons. The smallest absolute Gasteiger partial charge is 0.167 e. The van der Waals surface area contributed by atoms with Gasteiger partial charge in [-0.2, -0.15) is 0 Å². The van der Waals surface area contributed by atoms with Crippen molar-refractivity contribution < 1.29 is 23.7 Å². The van der Waals surface area contributed by atoms with Crippen molar-refractivity contribution in [1.29, 1.82) is 0 Å². The molecule has 8 aromatic rings. The Hall–Kier alpha value is -6.89. The molecule has 0 spiro atoms. The predicted octanol–water partition coefficient (Wildman–Crippen LogP) is 9.24. The van der Waals surface area contributed by atoms with E-state index in [2.05, 4.69) is 136 Å². The first-order chi connectivity index (χ1) is 32.1. The highest BCUT2D eigenvalue weighted by Crippen LogP contribution is 2.45. The number of ether oxygens (including phenoxy) is 5. The van der Waals surface area contributed by atoms with Crippen LogP contribution in [0.5, 0.6) is 11.5 Å². The van der Waals surface area contributed by atoms with Gasteiger partial charge in [-0.25, -0.2) is 15.0 Å². The van der Waals surface area contributed by atoms with Crippen LogP contribution in [0.15, 0.2) is 183 Å². The normalized spacial score (nSPS) is 18.1. The van der Waals surface area contributed by atoms with Crippen molar-refractivity contribution in [2.24, 2.45) is 0 Å². The Balaban J connectivity index is 1.03. The van der Waals surface area contributed by atoms with E-state index in [0.29, 0.717) is 36.8 Å². The van der Waals surface area contributed by atoms with E-state index in [1.807, 2.05) is 54.9 Å². The average Bonchev–Trinajstić information content (AvgIpc) is 4.03. The summed E-state index contributed by atoms with van der Waals surface area (Å²) >= 11 is 0. The summed E-state index contributed by atoms with van der Waals surface area (Å²) in [6, 6.07) is 58.1. The van der Waals surface area contributed by atoms with Crippen molar-refractivity contribution >= 4 is 17.0 Å². The number of hydrogen-bond acceptors (Lipinski definition) is 10. The maximum Gasteiger partial charge on any atom is 0.167 e. The number of nitrogens with zero attached hydrogens (tertiary/aromatic N) is 5. The van der Waals surface area contributed by atoms with Crippen LogP contribution in [0.3, 0.4) is 0 Å². The van der Waals surface area contributed by atoms with Gasteiger partial charge in [0.05, 0.1) is 52.5 Å². The van der Waals surface area contributed by atoms with Gasteiger partial charge in [-0.15, -0.1) is 0 Å². The van der Waals surface area contributed by atoms with Crippen LogP contribution in [-0.4, -0.2) is 83.7 Å². The van der Waals surface area contributed by atoms with Gasteiger partial charge in [0, 0.05) is 13.1 Å². The van der Waals surface area contributed by atoms with Crippen LogP contribution in [0.2, 0.25) is 0 Å². The third-order valence-electron chi connectivity index (χ3n) is 12.9. The van der Waals surface area contributed by atoms with Crippen LogP contribution in [0.1, 0.15) is 46.0 Å². The summed E-state index contributed by atoms with van der Waals surface area (Å²) < 4.78 is 33.7. The number of aromatic nitrogens is 4. The summed E-state index contributed by atoms with van der Waals surface area (Å²) in [7, 11) is 3.37. The zero-order valence-electron chi connectivity index (χ0n) is 36.6. The molecule has 11 nitrogen and oxygen atoms in total. The summed E-state index contributed by atoms with van der Waals surface area (Å²) in [6.07, 6.45) is 3.49. The van der Waals surface area contributed by atoms with E-state index < -0.39 is 17.4 Å². The second-order valence-electron chi connectivity index (χ2n) is 16.4. The van der Waals surface area contributed by atoms with Gasteiger partial charge in [0.25, 0.3) is 0 Å². The zero-order chi connectivity index (χ0) is 44.1. The number of morpholine rings is 1. The summed E-state index contributed by atoms with van der Waals surface area (Å²) in [5, 5.41) is 3.94. The lowest BCUT2D eigenvalue weighted by molar-refractivity contribution is -0.0853. The first kappa shape index (κ1) is 42.1. The van der Waals surface area contributed by atoms with E-state index in [-0.39, 0.29) is 12.1 Å². The van der Waals surface area contributed by atoms with Crippen molar-refractivity contribution in [3.63, 3.8) is 0 Å². The van der Waals surface area contributed by atoms with Gasteiger partial charge < -0.3 is 29.0 Å². The van der Waals surface area contributed by atoms with E-state index in [1.54, 1.807) is 20.5 Å². The lowest BCUT2D eigenvalue weighted by Gasteiger charge is -2.37. The Morgan fingerprint density at radius 1 is 0.600 bits per heavy atom. The third-order valence-corrected chi connectivity index (χ3v) is 12.9. The topological polar surface area (TPSA) is 105 Å². The maximum atomic E-state index is 7.37. The van der Waals surface area contributed by atoms with Crippen molar-refractivity contribution in [2.75, 3.05) is 52.4 Å². The number of hydrogen-bond donors (Lipinski definition) is 1. The highest BCUT2D eigenvalue weighted by atomic mass is 16.6. The van der Waals surface area contributed by atoms with Crippen molar-refractivity contribution in [2.45, 2.75) is 35.9 Å². The highest BCUT2D eigenvalue weighted by molar-refractivity contribution is 5.84. The van der Waals surface area contributed by atoms with Crippen LogP contribution >= 0.6 is 0 Å². The van der Waals surface area contributed by atoms with Crippen LogP contribution in [-0.2, 0) is 25.4 Å². The van der Waals surface area contributed by atoms with E-state index in [0.717, 1.165) is 64.4 Å². The number of benzene rings is 6. The summed E-state index contributed by atoms with van der Waals surface area (Å²) in [5.74, 6) is 2.14. The summed E-state index contributed by atoms with van der Waals surface area (Å²) in [4.78, 5) is 17.4. The molecule has 4 heterocycles. The Labute approximate surface area is 379 Å². The number of anilines is 1. The molecule has 2 aromatic heterocycles. The fourth-order valence-electron chi connectivity index (χ4n) is 9.71. The number of methoxy groups -OCH3 is 2. The second-order valence-corrected chi connectivity index (χ2v) is 16.4. The molecular formula is C54H52N6O5. The largest absolute Gasteiger partial charge is 0.497 e. The van der Waals surface area contributed by atoms with E-state index >= 15 is 0 Å². The van der Waals surface area contributed by atoms with Crippen LogP contribution in [0.4, 0.5) is 5.82 Å². The Morgan fingerprint density at radius 2 is 1.09 bits per heavy atom. The van der Waals surface area contributed by atoms with Gasteiger partial charge in [-0.05, 0) is 64.1 Å². The molecule has 2 aliphatic heterocycles. The maximum absolute atomic E-state index is 7.37. The van der Waals surface area contributed by atoms with E-state index in [9.17, 15) is 0 Å². The lowest BCUT2D eigenvalue weighted by Crippen LogP contribution is -2.45. The Morgan fingerprint density at radius 3 is 1.63 bits per heavy atom. The number of rotatable bonds is 15. The van der Waals surface area contributed by atoms with Crippen LogP contribution in [0, 0.1) is 0 Å². The second kappa shape index (κ2) is 18.7. The molecule has 0 radical (unpaired) electrons.